The molecule has 0 saturated heterocycles. The van der Waals surface area contributed by atoms with Crippen molar-refractivity contribution in [3.05, 3.63) is 65.7 Å². The minimum Gasteiger partial charge on any atom is -0.326 e. The van der Waals surface area contributed by atoms with Crippen LogP contribution in [0.4, 0.5) is 5.69 Å². The Morgan fingerprint density at radius 1 is 1.10 bits per heavy atom. The van der Waals surface area contributed by atoms with E-state index in [0.717, 1.165) is 17.8 Å². The summed E-state index contributed by atoms with van der Waals surface area (Å²) in [7, 11) is 1.93. The first-order valence-corrected chi connectivity index (χ1v) is 6.99. The molecule has 0 spiro atoms. The Balaban J connectivity index is 1.89. The topological polar surface area (TPSA) is 58.4 Å². The highest BCUT2D eigenvalue weighted by atomic mass is 16.2. The Morgan fingerprint density at radius 2 is 1.76 bits per heavy atom. The number of nitrogens with one attached hydrogen (secondary N) is 1. The van der Waals surface area contributed by atoms with Crippen LogP contribution in [0.15, 0.2) is 54.6 Å². The van der Waals surface area contributed by atoms with Gasteiger partial charge in [0, 0.05) is 18.8 Å². The molecule has 0 aliphatic heterocycles. The number of anilines is 1. The standard InChI is InChI=1S/C17H21N3O/c1-20(12-14-7-3-2-4-8-14)13-17(21)19-16-10-6-5-9-15(16)11-18/h2-10H,11-13,18H2,1H3,(H,19,21). The number of benzene rings is 2. The summed E-state index contributed by atoms with van der Waals surface area (Å²) in [4.78, 5) is 14.1. The van der Waals surface area contributed by atoms with Gasteiger partial charge in [0.25, 0.3) is 0 Å². The number of nitrogens with two attached hydrogens (primary N) is 1. The summed E-state index contributed by atoms with van der Waals surface area (Å²) in [6, 6.07) is 17.7. The lowest BCUT2D eigenvalue weighted by Crippen LogP contribution is -2.30. The van der Waals surface area contributed by atoms with Crippen molar-refractivity contribution in [1.29, 1.82) is 0 Å². The molecule has 2 rings (SSSR count). The molecule has 4 heteroatoms. The van der Waals surface area contributed by atoms with Crippen LogP contribution < -0.4 is 11.1 Å². The van der Waals surface area contributed by atoms with Crippen molar-refractivity contribution in [1.82, 2.24) is 4.90 Å². The summed E-state index contributed by atoms with van der Waals surface area (Å²) < 4.78 is 0. The lowest BCUT2D eigenvalue weighted by Gasteiger charge is -2.17. The monoisotopic (exact) mass is 283 g/mol. The number of nitrogens with zero attached hydrogens (tertiary/aromatic N) is 1. The van der Waals surface area contributed by atoms with Gasteiger partial charge in [-0.05, 0) is 24.2 Å². The third kappa shape index (κ3) is 4.70. The summed E-state index contributed by atoms with van der Waals surface area (Å²) in [6.07, 6.45) is 0. The zero-order chi connectivity index (χ0) is 15.1. The van der Waals surface area contributed by atoms with E-state index < -0.39 is 0 Å². The molecule has 0 heterocycles. The highest BCUT2D eigenvalue weighted by molar-refractivity contribution is 5.92. The maximum absolute atomic E-state index is 12.1. The number of carbonyl (C=O) groups excluding carboxylic acids is 1. The molecule has 0 aromatic heterocycles. The molecular formula is C17H21N3O. The van der Waals surface area contributed by atoms with E-state index in [9.17, 15) is 4.79 Å². The number of hydrogen-bond donors (Lipinski definition) is 2. The molecule has 2 aromatic rings. The first-order valence-electron chi connectivity index (χ1n) is 6.99. The molecule has 0 aliphatic carbocycles. The lowest BCUT2D eigenvalue weighted by molar-refractivity contribution is -0.117. The predicted molar refractivity (Wildman–Crippen MR) is 85.7 cm³/mol. The second kappa shape index (κ2) is 7.57. The molecule has 21 heavy (non-hydrogen) atoms. The van der Waals surface area contributed by atoms with Crippen molar-refractivity contribution >= 4 is 11.6 Å². The van der Waals surface area contributed by atoms with Crippen LogP contribution in [0.25, 0.3) is 0 Å². The van der Waals surface area contributed by atoms with Crippen LogP contribution in [0.1, 0.15) is 11.1 Å². The maximum Gasteiger partial charge on any atom is 0.238 e. The molecule has 3 N–H and O–H groups in total. The largest absolute Gasteiger partial charge is 0.326 e. The Bertz CT molecular complexity index is 584. The molecule has 0 fully saturated rings. The highest BCUT2D eigenvalue weighted by Gasteiger charge is 2.09. The van der Waals surface area contributed by atoms with Crippen molar-refractivity contribution < 1.29 is 4.79 Å². The minimum atomic E-state index is -0.0330. The molecule has 0 aliphatic rings. The molecule has 0 atom stereocenters. The maximum atomic E-state index is 12.1. The molecule has 2 aromatic carbocycles. The average Bonchev–Trinajstić information content (AvgIpc) is 2.48. The normalized spacial score (nSPS) is 10.6. The van der Waals surface area contributed by atoms with Gasteiger partial charge in [0.1, 0.15) is 0 Å². The third-order valence-corrected chi connectivity index (χ3v) is 3.22. The molecule has 4 nitrogen and oxygen atoms in total. The summed E-state index contributed by atoms with van der Waals surface area (Å²) in [6.45, 7) is 1.50. The molecular weight excluding hydrogens is 262 g/mol. The third-order valence-electron chi connectivity index (χ3n) is 3.22. The van der Waals surface area contributed by atoms with E-state index in [-0.39, 0.29) is 5.91 Å². The van der Waals surface area contributed by atoms with Crippen molar-refractivity contribution in [3.63, 3.8) is 0 Å². The molecule has 110 valence electrons. The number of para-hydroxylation sites is 1. The van der Waals surface area contributed by atoms with Crippen LogP contribution in [0.2, 0.25) is 0 Å². The van der Waals surface area contributed by atoms with E-state index in [0.29, 0.717) is 13.1 Å². The van der Waals surface area contributed by atoms with Crippen LogP contribution in [-0.4, -0.2) is 24.4 Å². The number of likely N-dealkylation sites (N-methyl/N-ethyl adjacent to an activating group) is 1. The second-order valence-corrected chi connectivity index (χ2v) is 5.07. The Kier molecular flexibility index (Phi) is 5.49. The molecule has 0 radical (unpaired) electrons. The van der Waals surface area contributed by atoms with Gasteiger partial charge < -0.3 is 11.1 Å². The van der Waals surface area contributed by atoms with Crippen molar-refractivity contribution in [2.75, 3.05) is 18.9 Å². The molecule has 0 unspecified atom stereocenters. The van der Waals surface area contributed by atoms with Crippen LogP contribution >= 0.6 is 0 Å². The van der Waals surface area contributed by atoms with E-state index in [1.54, 1.807) is 0 Å². The fourth-order valence-electron chi connectivity index (χ4n) is 2.21. The van der Waals surface area contributed by atoms with Gasteiger partial charge in [0.2, 0.25) is 5.91 Å². The zero-order valence-corrected chi connectivity index (χ0v) is 12.3. The van der Waals surface area contributed by atoms with E-state index in [1.165, 1.54) is 5.56 Å². The van der Waals surface area contributed by atoms with Gasteiger partial charge in [0.15, 0.2) is 0 Å². The summed E-state index contributed by atoms with van der Waals surface area (Å²) in [5.74, 6) is -0.0330. The van der Waals surface area contributed by atoms with Crippen molar-refractivity contribution in [2.24, 2.45) is 5.73 Å². The van der Waals surface area contributed by atoms with Gasteiger partial charge >= 0.3 is 0 Å². The Morgan fingerprint density at radius 3 is 2.48 bits per heavy atom. The molecule has 0 saturated carbocycles. The smallest absolute Gasteiger partial charge is 0.238 e. The Labute approximate surface area is 125 Å². The van der Waals surface area contributed by atoms with E-state index in [4.69, 9.17) is 5.73 Å². The number of amides is 1. The van der Waals surface area contributed by atoms with Crippen molar-refractivity contribution in [2.45, 2.75) is 13.1 Å². The van der Waals surface area contributed by atoms with E-state index in [1.807, 2.05) is 54.4 Å². The minimum absolute atomic E-state index is 0.0330. The van der Waals surface area contributed by atoms with E-state index >= 15 is 0 Å². The summed E-state index contributed by atoms with van der Waals surface area (Å²) in [5, 5.41) is 2.92. The summed E-state index contributed by atoms with van der Waals surface area (Å²) in [5.41, 5.74) is 8.59. The van der Waals surface area contributed by atoms with Crippen molar-refractivity contribution in [3.8, 4) is 0 Å². The first kappa shape index (κ1) is 15.2. The lowest BCUT2D eigenvalue weighted by atomic mass is 10.2. The second-order valence-electron chi connectivity index (χ2n) is 5.07. The fourth-order valence-corrected chi connectivity index (χ4v) is 2.21. The van der Waals surface area contributed by atoms with Gasteiger partial charge in [-0.3, -0.25) is 9.69 Å². The first-order chi connectivity index (χ1) is 10.2. The number of carbonyl (C=O) groups is 1. The van der Waals surface area contributed by atoms with Gasteiger partial charge in [-0.2, -0.15) is 0 Å². The SMILES string of the molecule is CN(CC(=O)Nc1ccccc1CN)Cc1ccccc1. The Hall–Kier alpha value is -2.17. The van der Waals surface area contributed by atoms with Crippen LogP contribution in [-0.2, 0) is 17.9 Å². The van der Waals surface area contributed by atoms with E-state index in [2.05, 4.69) is 17.4 Å². The number of rotatable bonds is 6. The molecule has 0 bridgehead atoms. The van der Waals surface area contributed by atoms with Gasteiger partial charge in [-0.25, -0.2) is 0 Å². The summed E-state index contributed by atoms with van der Waals surface area (Å²) >= 11 is 0. The zero-order valence-electron chi connectivity index (χ0n) is 12.3. The average molecular weight is 283 g/mol. The van der Waals surface area contributed by atoms with Gasteiger partial charge in [-0.1, -0.05) is 48.5 Å². The molecule has 1 amide bonds. The predicted octanol–water partition coefficient (Wildman–Crippen LogP) is 2.22. The van der Waals surface area contributed by atoms with Crippen LogP contribution in [0.3, 0.4) is 0 Å². The highest BCUT2D eigenvalue weighted by Crippen LogP contribution is 2.14. The van der Waals surface area contributed by atoms with Crippen LogP contribution in [0.5, 0.6) is 0 Å². The van der Waals surface area contributed by atoms with Crippen LogP contribution in [0, 0.1) is 0 Å². The van der Waals surface area contributed by atoms with Gasteiger partial charge in [-0.15, -0.1) is 0 Å². The number of hydrogen-bond acceptors (Lipinski definition) is 3. The fraction of sp³-hybridized carbons (Fsp3) is 0.235. The van der Waals surface area contributed by atoms with Gasteiger partial charge in [0.05, 0.1) is 6.54 Å². The quantitative estimate of drug-likeness (QED) is 0.854.